The van der Waals surface area contributed by atoms with Gasteiger partial charge in [-0.1, -0.05) is 48.5 Å². The molecule has 2 amide bonds. The van der Waals surface area contributed by atoms with E-state index < -0.39 is 6.09 Å². The minimum atomic E-state index is -0.467. The van der Waals surface area contributed by atoms with Gasteiger partial charge in [0.15, 0.2) is 5.78 Å². The van der Waals surface area contributed by atoms with Crippen molar-refractivity contribution in [1.29, 1.82) is 0 Å². The normalized spacial score (nSPS) is 13.4. The molecule has 1 fully saturated rings. The number of hydrogen-bond donors (Lipinski definition) is 3. The Balaban J connectivity index is 1.33. The molecule has 0 unspecified atom stereocenters. The number of hydrogen-bond acceptors (Lipinski definition) is 8. The van der Waals surface area contributed by atoms with Crippen molar-refractivity contribution in [2.24, 2.45) is 5.73 Å². The molecule has 2 heterocycles. The number of para-hydroxylation sites is 1. The highest BCUT2D eigenvalue weighted by molar-refractivity contribution is 5.98. The second kappa shape index (κ2) is 14.9. The first kappa shape index (κ1) is 28.9. The molecular weight excluding hydrogens is 508 g/mol. The van der Waals surface area contributed by atoms with E-state index in [1.807, 2.05) is 59.6 Å². The largest absolute Gasteiger partial charge is 0.447 e. The van der Waals surface area contributed by atoms with Gasteiger partial charge in [0, 0.05) is 50.0 Å². The predicted molar refractivity (Wildman–Crippen MR) is 154 cm³/mol. The first-order valence-electron chi connectivity index (χ1n) is 13.4. The number of carbonyl (C=O) groups excluding carboxylic acids is 3. The smallest absolute Gasteiger partial charge is 0.429 e. The number of anilines is 1. The zero-order chi connectivity index (χ0) is 28.2. The first-order valence-corrected chi connectivity index (χ1v) is 13.4. The lowest BCUT2D eigenvalue weighted by Gasteiger charge is -2.37. The van der Waals surface area contributed by atoms with Crippen LogP contribution in [0.4, 0.5) is 10.5 Å². The third-order valence-electron chi connectivity index (χ3n) is 6.39. The van der Waals surface area contributed by atoms with Crippen LogP contribution in [0.5, 0.6) is 0 Å². The molecule has 2 aromatic carbocycles. The van der Waals surface area contributed by atoms with Gasteiger partial charge in [-0.3, -0.25) is 14.6 Å². The maximum Gasteiger partial charge on any atom is 0.429 e. The number of amides is 2. The highest BCUT2D eigenvalue weighted by atomic mass is 16.6. The number of pyridine rings is 1. The average molecular weight is 544 g/mol. The third-order valence-corrected chi connectivity index (χ3v) is 6.39. The summed E-state index contributed by atoms with van der Waals surface area (Å²) in [6.45, 7) is 2.55. The molecule has 1 aliphatic heterocycles. The van der Waals surface area contributed by atoms with Crippen LogP contribution in [0.25, 0.3) is 11.1 Å². The van der Waals surface area contributed by atoms with Gasteiger partial charge in [0.25, 0.3) is 5.91 Å². The molecule has 4 rings (SSSR count). The summed E-state index contributed by atoms with van der Waals surface area (Å²) >= 11 is 0. The van der Waals surface area contributed by atoms with Crippen LogP contribution in [0.2, 0.25) is 0 Å². The zero-order valence-corrected chi connectivity index (χ0v) is 22.4. The molecule has 1 saturated heterocycles. The quantitative estimate of drug-likeness (QED) is 0.235. The molecule has 10 nitrogen and oxygen atoms in total. The number of nitrogens with two attached hydrogens (primary N) is 1. The number of rotatable bonds is 12. The highest BCUT2D eigenvalue weighted by Gasteiger charge is 2.28. The van der Waals surface area contributed by atoms with Gasteiger partial charge in [0.2, 0.25) is 0 Å². The molecule has 0 bridgehead atoms. The van der Waals surface area contributed by atoms with Gasteiger partial charge in [-0.25, -0.2) is 14.8 Å². The van der Waals surface area contributed by atoms with E-state index in [2.05, 4.69) is 22.0 Å². The maximum absolute atomic E-state index is 13.4. The number of aromatic nitrogens is 1. The van der Waals surface area contributed by atoms with Gasteiger partial charge in [0.1, 0.15) is 12.3 Å². The fourth-order valence-electron chi connectivity index (χ4n) is 4.37. The lowest BCUT2D eigenvalue weighted by Crippen LogP contribution is -2.50. The molecule has 0 saturated carbocycles. The summed E-state index contributed by atoms with van der Waals surface area (Å²) < 4.78 is 5.66. The molecule has 40 heavy (non-hydrogen) atoms. The van der Waals surface area contributed by atoms with Crippen LogP contribution in [0, 0.1) is 6.42 Å². The van der Waals surface area contributed by atoms with E-state index in [-0.39, 0.29) is 30.5 Å². The lowest BCUT2D eigenvalue weighted by atomic mass is 10.0. The third kappa shape index (κ3) is 7.72. The van der Waals surface area contributed by atoms with Crippen molar-refractivity contribution in [3.05, 3.63) is 90.6 Å². The van der Waals surface area contributed by atoms with Gasteiger partial charge in [0.05, 0.1) is 12.2 Å². The molecule has 209 valence electrons. The van der Waals surface area contributed by atoms with Gasteiger partial charge in [-0.05, 0) is 43.0 Å². The van der Waals surface area contributed by atoms with Crippen molar-refractivity contribution in [3.63, 3.8) is 0 Å². The monoisotopic (exact) mass is 543 g/mol. The predicted octanol–water partition coefficient (Wildman–Crippen LogP) is 3.07. The van der Waals surface area contributed by atoms with Crippen LogP contribution in [-0.4, -0.2) is 73.7 Å². The SMILES string of the molecule is NCCNC(=O)c1ccc(C(=O)CNCCOC(=O)N(c2ccccc2-c2ccccc2)N2CC[CH]CC2)cn1. The molecular formula is C30H35N6O4. The summed E-state index contributed by atoms with van der Waals surface area (Å²) in [6.07, 6.45) is 4.90. The van der Waals surface area contributed by atoms with Gasteiger partial charge >= 0.3 is 6.09 Å². The molecule has 0 spiro atoms. The Hall–Kier alpha value is -4.12. The summed E-state index contributed by atoms with van der Waals surface area (Å²) in [7, 11) is 0. The van der Waals surface area contributed by atoms with E-state index in [1.165, 1.54) is 12.3 Å². The minimum Gasteiger partial charge on any atom is -0.447 e. The van der Waals surface area contributed by atoms with Crippen molar-refractivity contribution >= 4 is 23.5 Å². The van der Waals surface area contributed by atoms with E-state index in [4.69, 9.17) is 10.5 Å². The zero-order valence-electron chi connectivity index (χ0n) is 22.4. The number of Topliss-reactive ketones (excluding diaryl/α,β-unsaturated/α-hetero) is 1. The Morgan fingerprint density at radius 3 is 2.42 bits per heavy atom. The van der Waals surface area contributed by atoms with E-state index in [1.54, 1.807) is 11.1 Å². The lowest BCUT2D eigenvalue weighted by molar-refractivity contribution is 0.0945. The van der Waals surface area contributed by atoms with Gasteiger partial charge in [-0.15, -0.1) is 0 Å². The number of ketones is 1. The van der Waals surface area contributed by atoms with Gasteiger partial charge < -0.3 is 21.1 Å². The molecule has 1 radical (unpaired) electrons. The van der Waals surface area contributed by atoms with E-state index in [0.29, 0.717) is 38.3 Å². The second-order valence-electron chi connectivity index (χ2n) is 9.21. The van der Waals surface area contributed by atoms with Crippen molar-refractivity contribution in [3.8, 4) is 11.1 Å². The minimum absolute atomic E-state index is 0.0421. The number of hydrazine groups is 1. The van der Waals surface area contributed by atoms with Crippen LogP contribution in [0.3, 0.4) is 0 Å². The summed E-state index contributed by atoms with van der Waals surface area (Å²) in [6, 6.07) is 20.8. The Bertz CT molecular complexity index is 1260. The number of nitrogens with one attached hydrogen (secondary N) is 2. The molecule has 10 heteroatoms. The van der Waals surface area contributed by atoms with Crippen LogP contribution < -0.4 is 21.4 Å². The molecule has 0 aliphatic carbocycles. The molecule has 1 aromatic heterocycles. The van der Waals surface area contributed by atoms with Crippen molar-refractivity contribution < 1.29 is 19.1 Å². The van der Waals surface area contributed by atoms with Crippen molar-refractivity contribution in [2.45, 2.75) is 12.8 Å². The van der Waals surface area contributed by atoms with Crippen LogP contribution in [0.1, 0.15) is 33.7 Å². The Morgan fingerprint density at radius 1 is 0.950 bits per heavy atom. The fourth-order valence-corrected chi connectivity index (χ4v) is 4.37. The Labute approximate surface area is 234 Å². The summed E-state index contributed by atoms with van der Waals surface area (Å²) in [5.41, 5.74) is 8.70. The summed E-state index contributed by atoms with van der Waals surface area (Å²) in [5.74, 6) is -0.525. The maximum atomic E-state index is 13.4. The van der Waals surface area contributed by atoms with Crippen LogP contribution in [0.15, 0.2) is 72.9 Å². The topological polar surface area (TPSA) is 130 Å². The molecule has 1 aliphatic rings. The number of carbonyl (C=O) groups is 3. The van der Waals surface area contributed by atoms with Crippen molar-refractivity contribution in [2.75, 3.05) is 50.9 Å². The second-order valence-corrected chi connectivity index (χ2v) is 9.21. The number of ether oxygens (including phenoxy) is 1. The number of benzene rings is 2. The summed E-state index contributed by atoms with van der Waals surface area (Å²) in [5, 5.41) is 9.31. The van der Waals surface area contributed by atoms with Crippen LogP contribution in [-0.2, 0) is 4.74 Å². The van der Waals surface area contributed by atoms with E-state index in [0.717, 1.165) is 29.7 Å². The summed E-state index contributed by atoms with van der Waals surface area (Å²) in [4.78, 5) is 41.9. The van der Waals surface area contributed by atoms with E-state index >= 15 is 0 Å². The standard InChI is InChI=1S/C30H35N6O4/c31-15-16-33-29(38)26-14-13-24(21-34-26)28(37)22-32-17-20-40-30(39)36(35-18-7-2-8-19-35)27-12-6-5-11-25(27)23-9-3-1-4-10-23/h1-6,9-14,21,32H,7-8,15-20,22,31H2,(H,33,38). The average Bonchev–Trinajstić information content (AvgIpc) is 3.01. The fraction of sp³-hybridized carbons (Fsp3) is 0.300. The Morgan fingerprint density at radius 2 is 1.70 bits per heavy atom. The molecule has 0 atom stereocenters. The highest BCUT2D eigenvalue weighted by Crippen LogP contribution is 2.33. The molecule has 4 N–H and O–H groups in total. The van der Waals surface area contributed by atoms with Crippen LogP contribution >= 0.6 is 0 Å². The molecule has 3 aromatic rings. The number of piperidine rings is 1. The Kier molecular flexibility index (Phi) is 10.7. The van der Waals surface area contributed by atoms with Gasteiger partial charge in [-0.2, -0.15) is 0 Å². The van der Waals surface area contributed by atoms with Crippen molar-refractivity contribution in [1.82, 2.24) is 20.6 Å². The first-order chi connectivity index (χ1) is 19.6. The van der Waals surface area contributed by atoms with E-state index in [9.17, 15) is 14.4 Å². The number of nitrogens with zero attached hydrogens (tertiary/aromatic N) is 3.